The Labute approximate surface area is 214 Å². The zero-order valence-corrected chi connectivity index (χ0v) is 21.0. The third kappa shape index (κ3) is 5.45. The Morgan fingerprint density at radius 3 is 2.59 bits per heavy atom. The maximum absolute atomic E-state index is 13.0. The molecule has 1 aliphatic heterocycles. The average Bonchev–Trinajstić information content (AvgIpc) is 3.31. The van der Waals surface area contributed by atoms with E-state index in [1.54, 1.807) is 13.1 Å². The van der Waals surface area contributed by atoms with Crippen LogP contribution in [0.2, 0.25) is 0 Å². The summed E-state index contributed by atoms with van der Waals surface area (Å²) in [4.78, 5) is 24.2. The van der Waals surface area contributed by atoms with Gasteiger partial charge in [0, 0.05) is 30.9 Å². The summed E-state index contributed by atoms with van der Waals surface area (Å²) < 4.78 is 32.6. The van der Waals surface area contributed by atoms with E-state index in [4.69, 9.17) is 4.74 Å². The van der Waals surface area contributed by atoms with Gasteiger partial charge in [-0.25, -0.2) is 18.4 Å². The fourth-order valence-corrected chi connectivity index (χ4v) is 5.00. The molecular weight excluding hydrogens is 478 g/mol. The monoisotopic (exact) mass is 508 g/mol. The van der Waals surface area contributed by atoms with Crippen molar-refractivity contribution in [3.63, 3.8) is 0 Å². The minimum absolute atomic E-state index is 0.168. The van der Waals surface area contributed by atoms with Crippen LogP contribution in [0, 0.1) is 13.8 Å². The van der Waals surface area contributed by atoms with E-state index in [1.807, 2.05) is 13.0 Å². The van der Waals surface area contributed by atoms with E-state index in [1.165, 1.54) is 28.6 Å². The number of nitrogens with zero attached hydrogens (tertiary/aromatic N) is 5. The molecule has 1 atom stereocenters. The molecule has 194 valence electrons. The van der Waals surface area contributed by atoms with E-state index in [2.05, 4.69) is 31.4 Å². The van der Waals surface area contributed by atoms with Gasteiger partial charge in [0.1, 0.15) is 0 Å². The summed E-state index contributed by atoms with van der Waals surface area (Å²) in [5.41, 5.74) is 4.58. The highest BCUT2D eigenvalue weighted by molar-refractivity contribution is 6.05. The lowest BCUT2D eigenvalue weighted by molar-refractivity contribution is 0.0150. The molecule has 0 aromatic carbocycles. The van der Waals surface area contributed by atoms with Gasteiger partial charge in [-0.15, -0.1) is 0 Å². The zero-order valence-electron chi connectivity index (χ0n) is 21.0. The molecule has 0 spiro atoms. The Balaban J connectivity index is 1.25. The van der Waals surface area contributed by atoms with E-state index in [-0.39, 0.29) is 11.5 Å². The standard InChI is InChI=1S/C27H30F2N6O2/c1-17-13-21(15-31-25(17)19-3-6-22(7-4-19)34-9-11-37-12-10-34)33-27(36)23-16-32-35(18(23)2)24-8-5-20(14-30-24)26(28)29/h3,5,8,13-16,22,26H,4,6-7,9-12H2,1-2H3,(H,33,36). The molecule has 0 bridgehead atoms. The number of aromatic nitrogens is 4. The Kier molecular flexibility index (Phi) is 7.38. The Bertz CT molecular complexity index is 1300. The van der Waals surface area contributed by atoms with E-state index in [9.17, 15) is 13.6 Å². The lowest BCUT2D eigenvalue weighted by Gasteiger charge is -2.36. The fraction of sp³-hybridized carbons (Fsp3) is 0.407. The molecule has 0 radical (unpaired) electrons. The predicted octanol–water partition coefficient (Wildman–Crippen LogP) is 4.74. The molecule has 1 aliphatic carbocycles. The number of hydrogen-bond acceptors (Lipinski definition) is 6. The number of allylic oxidation sites excluding steroid dienone is 1. The van der Waals surface area contributed by atoms with Crippen molar-refractivity contribution < 1.29 is 18.3 Å². The number of carbonyl (C=O) groups is 1. The Hall–Kier alpha value is -3.50. The van der Waals surface area contributed by atoms with Crippen molar-refractivity contribution in [1.82, 2.24) is 24.6 Å². The molecule has 2 aliphatic rings. The smallest absolute Gasteiger partial charge is 0.265 e. The van der Waals surface area contributed by atoms with Crippen molar-refractivity contribution in [3.05, 3.63) is 70.9 Å². The quantitative estimate of drug-likeness (QED) is 0.518. The van der Waals surface area contributed by atoms with E-state index >= 15 is 0 Å². The highest BCUT2D eigenvalue weighted by Crippen LogP contribution is 2.31. The second-order valence-corrected chi connectivity index (χ2v) is 9.46. The molecule has 5 rings (SSSR count). The fourth-order valence-electron chi connectivity index (χ4n) is 5.00. The number of amides is 1. The van der Waals surface area contributed by atoms with Crippen molar-refractivity contribution in [2.24, 2.45) is 0 Å². The summed E-state index contributed by atoms with van der Waals surface area (Å²) in [6.07, 6.45) is 7.04. The van der Waals surface area contributed by atoms with Gasteiger partial charge >= 0.3 is 0 Å². The number of morpholine rings is 1. The summed E-state index contributed by atoms with van der Waals surface area (Å²) in [5.74, 6) is 0.0339. The van der Waals surface area contributed by atoms with Gasteiger partial charge in [0.15, 0.2) is 5.82 Å². The molecule has 10 heteroatoms. The lowest BCUT2D eigenvalue weighted by atomic mass is 9.90. The number of pyridine rings is 2. The number of anilines is 1. The van der Waals surface area contributed by atoms with Gasteiger partial charge < -0.3 is 10.1 Å². The van der Waals surface area contributed by atoms with Crippen LogP contribution in [-0.2, 0) is 4.74 Å². The summed E-state index contributed by atoms with van der Waals surface area (Å²) in [6.45, 7) is 7.36. The van der Waals surface area contributed by atoms with Crippen molar-refractivity contribution in [2.45, 2.75) is 45.6 Å². The van der Waals surface area contributed by atoms with E-state index in [0.29, 0.717) is 28.8 Å². The number of alkyl halides is 2. The number of carbonyl (C=O) groups excluding carboxylic acids is 1. The van der Waals surface area contributed by atoms with E-state index in [0.717, 1.165) is 63.0 Å². The van der Waals surface area contributed by atoms with Gasteiger partial charge in [-0.3, -0.25) is 14.7 Å². The minimum Gasteiger partial charge on any atom is -0.379 e. The molecule has 3 aromatic rings. The Morgan fingerprint density at radius 2 is 1.95 bits per heavy atom. The zero-order chi connectivity index (χ0) is 25.9. The molecule has 3 aromatic heterocycles. The maximum Gasteiger partial charge on any atom is 0.265 e. The SMILES string of the molecule is Cc1cc(NC(=O)c2cnn(-c3ccc(C(F)F)cn3)c2C)cnc1C1=CCC(N2CCOCC2)CC1. The third-order valence-electron chi connectivity index (χ3n) is 7.08. The van der Waals surface area contributed by atoms with Crippen molar-refractivity contribution in [1.29, 1.82) is 0 Å². The van der Waals surface area contributed by atoms with E-state index < -0.39 is 6.43 Å². The second kappa shape index (κ2) is 10.9. The van der Waals surface area contributed by atoms with Crippen LogP contribution in [0.4, 0.5) is 14.5 Å². The first kappa shape index (κ1) is 25.2. The third-order valence-corrected chi connectivity index (χ3v) is 7.08. The molecule has 37 heavy (non-hydrogen) atoms. The first-order valence-electron chi connectivity index (χ1n) is 12.5. The second-order valence-electron chi connectivity index (χ2n) is 9.46. The summed E-state index contributed by atoms with van der Waals surface area (Å²) in [6, 6.07) is 5.25. The summed E-state index contributed by atoms with van der Waals surface area (Å²) >= 11 is 0. The average molecular weight is 509 g/mol. The number of aryl methyl sites for hydroxylation is 1. The van der Waals surface area contributed by atoms with Crippen LogP contribution in [0.3, 0.4) is 0 Å². The first-order valence-corrected chi connectivity index (χ1v) is 12.5. The molecule has 1 fully saturated rings. The van der Waals surface area contributed by atoms with Gasteiger partial charge in [0.25, 0.3) is 12.3 Å². The molecule has 1 saturated heterocycles. The normalized spacial score (nSPS) is 18.6. The molecule has 4 heterocycles. The van der Waals surface area contributed by atoms with Gasteiger partial charge in [-0.05, 0) is 62.4 Å². The number of rotatable bonds is 6. The highest BCUT2D eigenvalue weighted by atomic mass is 19.3. The first-order chi connectivity index (χ1) is 17.9. The van der Waals surface area contributed by atoms with Crippen LogP contribution in [0.25, 0.3) is 11.4 Å². The topological polar surface area (TPSA) is 85.2 Å². The minimum atomic E-state index is -2.59. The van der Waals surface area contributed by atoms with Crippen LogP contribution in [0.15, 0.2) is 42.9 Å². The van der Waals surface area contributed by atoms with Crippen molar-refractivity contribution in [2.75, 3.05) is 31.6 Å². The number of hydrogen-bond donors (Lipinski definition) is 1. The van der Waals surface area contributed by atoms with Crippen LogP contribution in [-0.4, -0.2) is 62.9 Å². The Morgan fingerprint density at radius 1 is 1.14 bits per heavy atom. The number of ether oxygens (including phenoxy) is 1. The largest absolute Gasteiger partial charge is 0.379 e. The molecule has 1 unspecified atom stereocenters. The molecule has 1 amide bonds. The highest BCUT2D eigenvalue weighted by Gasteiger charge is 2.24. The van der Waals surface area contributed by atoms with Crippen LogP contribution < -0.4 is 5.32 Å². The summed E-state index contributed by atoms with van der Waals surface area (Å²) in [7, 11) is 0. The van der Waals surface area contributed by atoms with Gasteiger partial charge in [-0.1, -0.05) is 6.08 Å². The van der Waals surface area contributed by atoms with Gasteiger partial charge in [-0.2, -0.15) is 5.10 Å². The van der Waals surface area contributed by atoms with Gasteiger partial charge in [0.05, 0.1) is 48.2 Å². The van der Waals surface area contributed by atoms with Crippen LogP contribution >= 0.6 is 0 Å². The predicted molar refractivity (Wildman–Crippen MR) is 136 cm³/mol. The van der Waals surface area contributed by atoms with Crippen molar-refractivity contribution >= 4 is 17.2 Å². The number of nitrogens with one attached hydrogen (secondary N) is 1. The molecule has 0 saturated carbocycles. The van der Waals surface area contributed by atoms with Gasteiger partial charge in [0.2, 0.25) is 0 Å². The summed E-state index contributed by atoms with van der Waals surface area (Å²) in [5, 5.41) is 7.12. The van der Waals surface area contributed by atoms with Crippen molar-refractivity contribution in [3.8, 4) is 5.82 Å². The molecule has 1 N–H and O–H groups in total. The molecular formula is C27H30F2N6O2. The molecule has 8 nitrogen and oxygen atoms in total. The van der Waals surface area contributed by atoms with Crippen LogP contribution in [0.1, 0.15) is 58.6 Å². The number of halogens is 2. The van der Waals surface area contributed by atoms with Crippen LogP contribution in [0.5, 0.6) is 0 Å². The lowest BCUT2D eigenvalue weighted by Crippen LogP contribution is -2.43. The maximum atomic E-state index is 13.0.